The van der Waals surface area contributed by atoms with Gasteiger partial charge in [0, 0.05) is 6.54 Å². The number of rotatable bonds is 8. The molecule has 5 nitrogen and oxygen atoms in total. The van der Waals surface area contributed by atoms with E-state index in [1.54, 1.807) is 7.05 Å². The first kappa shape index (κ1) is 14.5. The van der Waals surface area contributed by atoms with Gasteiger partial charge in [-0.05, 0) is 26.3 Å². The SMILES string of the molecule is C#CCC(=O)NCCCC[C@H](NC)C(=O)O. The van der Waals surface area contributed by atoms with Crippen molar-refractivity contribution in [1.82, 2.24) is 10.6 Å². The molecule has 16 heavy (non-hydrogen) atoms. The minimum atomic E-state index is -0.848. The number of aliphatic carboxylic acids is 1. The van der Waals surface area contributed by atoms with Crippen LogP contribution in [0.5, 0.6) is 0 Å². The van der Waals surface area contributed by atoms with Gasteiger partial charge in [0.05, 0.1) is 6.42 Å². The van der Waals surface area contributed by atoms with Crippen molar-refractivity contribution in [2.24, 2.45) is 0 Å². The highest BCUT2D eigenvalue weighted by Crippen LogP contribution is 2.00. The number of carbonyl (C=O) groups excluding carboxylic acids is 1. The predicted octanol–water partition coefficient (Wildman–Crippen LogP) is -0.0312. The van der Waals surface area contributed by atoms with Gasteiger partial charge in [-0.1, -0.05) is 5.92 Å². The smallest absolute Gasteiger partial charge is 0.320 e. The molecular formula is C11H18N2O3. The van der Waals surface area contributed by atoms with Crippen molar-refractivity contribution in [3.05, 3.63) is 0 Å². The van der Waals surface area contributed by atoms with Gasteiger partial charge in [-0.25, -0.2) is 0 Å². The summed E-state index contributed by atoms with van der Waals surface area (Å²) in [5, 5.41) is 14.1. The molecule has 0 aromatic heterocycles. The van der Waals surface area contributed by atoms with Crippen LogP contribution in [0.25, 0.3) is 0 Å². The van der Waals surface area contributed by atoms with E-state index in [1.807, 2.05) is 0 Å². The van der Waals surface area contributed by atoms with E-state index < -0.39 is 12.0 Å². The maximum Gasteiger partial charge on any atom is 0.320 e. The second-order valence-corrected chi connectivity index (χ2v) is 3.41. The van der Waals surface area contributed by atoms with E-state index in [0.29, 0.717) is 13.0 Å². The van der Waals surface area contributed by atoms with Crippen LogP contribution >= 0.6 is 0 Å². The second kappa shape index (κ2) is 8.74. The molecule has 0 aliphatic heterocycles. The summed E-state index contributed by atoms with van der Waals surface area (Å²) >= 11 is 0. The average Bonchev–Trinajstić information content (AvgIpc) is 2.23. The van der Waals surface area contributed by atoms with Gasteiger partial charge < -0.3 is 15.7 Å². The number of carboxylic acids is 1. The van der Waals surface area contributed by atoms with Crippen molar-refractivity contribution < 1.29 is 14.7 Å². The Balaban J connectivity index is 3.50. The topological polar surface area (TPSA) is 78.4 Å². The van der Waals surface area contributed by atoms with E-state index in [4.69, 9.17) is 11.5 Å². The lowest BCUT2D eigenvalue weighted by Gasteiger charge is -2.10. The van der Waals surface area contributed by atoms with Crippen LogP contribution in [0.3, 0.4) is 0 Å². The third-order valence-corrected chi connectivity index (χ3v) is 2.15. The number of carboxylic acid groups (broad SMARTS) is 1. The first-order valence-corrected chi connectivity index (χ1v) is 5.22. The summed E-state index contributed by atoms with van der Waals surface area (Å²) in [6.45, 7) is 0.538. The van der Waals surface area contributed by atoms with Crippen LogP contribution in [0, 0.1) is 12.3 Å². The quantitative estimate of drug-likeness (QED) is 0.401. The van der Waals surface area contributed by atoms with Crippen molar-refractivity contribution in [3.8, 4) is 12.3 Å². The summed E-state index contributed by atoms with van der Waals surface area (Å²) in [5.41, 5.74) is 0. The maximum atomic E-state index is 10.9. The van der Waals surface area contributed by atoms with Crippen LogP contribution in [0.2, 0.25) is 0 Å². The highest BCUT2D eigenvalue weighted by Gasteiger charge is 2.13. The van der Waals surface area contributed by atoms with Crippen LogP contribution in [0.4, 0.5) is 0 Å². The number of likely N-dealkylation sites (N-methyl/N-ethyl adjacent to an activating group) is 1. The highest BCUT2D eigenvalue weighted by molar-refractivity contribution is 5.78. The molecule has 0 saturated heterocycles. The molecule has 0 saturated carbocycles. The Morgan fingerprint density at radius 3 is 2.62 bits per heavy atom. The lowest BCUT2D eigenvalue weighted by atomic mass is 10.1. The fourth-order valence-corrected chi connectivity index (χ4v) is 1.25. The summed E-state index contributed by atoms with van der Waals surface area (Å²) in [4.78, 5) is 21.6. The lowest BCUT2D eigenvalue weighted by molar-refractivity contribution is -0.139. The number of amides is 1. The standard InChI is InChI=1S/C11H18N2O3/c1-3-6-10(14)13-8-5-4-7-9(12-2)11(15)16/h1,9,12H,4-8H2,2H3,(H,13,14)(H,15,16)/t9-/m0/s1. The Morgan fingerprint density at radius 1 is 1.44 bits per heavy atom. The normalized spacial score (nSPS) is 11.5. The molecule has 0 aliphatic carbocycles. The monoisotopic (exact) mass is 226 g/mol. The first-order chi connectivity index (χ1) is 7.61. The van der Waals surface area contributed by atoms with Gasteiger partial charge in [-0.2, -0.15) is 0 Å². The first-order valence-electron chi connectivity index (χ1n) is 5.22. The molecule has 0 aromatic carbocycles. The Hall–Kier alpha value is -1.54. The van der Waals surface area contributed by atoms with Crippen molar-refractivity contribution in [2.45, 2.75) is 31.7 Å². The fraction of sp³-hybridized carbons (Fsp3) is 0.636. The van der Waals surface area contributed by atoms with Gasteiger partial charge in [0.1, 0.15) is 6.04 Å². The number of hydrogen-bond acceptors (Lipinski definition) is 3. The maximum absolute atomic E-state index is 10.9. The van der Waals surface area contributed by atoms with Crippen LogP contribution in [0.15, 0.2) is 0 Å². The molecule has 0 bridgehead atoms. The molecule has 0 unspecified atom stereocenters. The molecule has 1 atom stereocenters. The summed E-state index contributed by atoms with van der Waals surface area (Å²) in [5.74, 6) is 1.24. The van der Waals surface area contributed by atoms with Crippen LogP contribution in [-0.2, 0) is 9.59 Å². The molecular weight excluding hydrogens is 208 g/mol. The van der Waals surface area contributed by atoms with Gasteiger partial charge >= 0.3 is 5.97 Å². The minimum absolute atomic E-state index is 0.0915. The van der Waals surface area contributed by atoms with Crippen LogP contribution in [-0.4, -0.2) is 36.6 Å². The Bertz CT molecular complexity index is 271. The molecule has 0 heterocycles. The molecule has 1 amide bonds. The van der Waals surface area contributed by atoms with Gasteiger partial charge in [-0.15, -0.1) is 6.42 Å². The predicted molar refractivity (Wildman–Crippen MR) is 60.8 cm³/mol. The van der Waals surface area contributed by atoms with Gasteiger partial charge in [0.2, 0.25) is 5.91 Å². The lowest BCUT2D eigenvalue weighted by Crippen LogP contribution is -2.33. The molecule has 3 N–H and O–H groups in total. The zero-order chi connectivity index (χ0) is 12.4. The van der Waals surface area contributed by atoms with E-state index in [0.717, 1.165) is 12.8 Å². The van der Waals surface area contributed by atoms with E-state index in [1.165, 1.54) is 0 Å². The third kappa shape index (κ3) is 6.85. The molecule has 0 fully saturated rings. The van der Waals surface area contributed by atoms with Gasteiger partial charge in [0.25, 0.3) is 0 Å². The number of carbonyl (C=O) groups is 2. The second-order valence-electron chi connectivity index (χ2n) is 3.41. The molecule has 0 spiro atoms. The van der Waals surface area contributed by atoms with Gasteiger partial charge in [-0.3, -0.25) is 9.59 Å². The van der Waals surface area contributed by atoms with Crippen molar-refractivity contribution in [1.29, 1.82) is 0 Å². The molecule has 0 radical (unpaired) electrons. The molecule has 0 rings (SSSR count). The van der Waals surface area contributed by atoms with Crippen molar-refractivity contribution in [3.63, 3.8) is 0 Å². The summed E-state index contributed by atoms with van der Waals surface area (Å²) < 4.78 is 0. The summed E-state index contributed by atoms with van der Waals surface area (Å²) in [7, 11) is 1.62. The molecule has 90 valence electrons. The highest BCUT2D eigenvalue weighted by atomic mass is 16.4. The molecule has 0 aromatic rings. The van der Waals surface area contributed by atoms with E-state index in [2.05, 4.69) is 16.6 Å². The van der Waals surface area contributed by atoms with Crippen molar-refractivity contribution in [2.75, 3.05) is 13.6 Å². The summed E-state index contributed by atoms with van der Waals surface area (Å²) in [6, 6.07) is -0.513. The molecule has 5 heteroatoms. The summed E-state index contributed by atoms with van der Waals surface area (Å²) in [6.07, 6.45) is 7.11. The number of nitrogens with one attached hydrogen (secondary N) is 2. The number of unbranched alkanes of at least 4 members (excludes halogenated alkanes) is 1. The van der Waals surface area contributed by atoms with E-state index in [9.17, 15) is 9.59 Å². The minimum Gasteiger partial charge on any atom is -0.480 e. The Kier molecular flexibility index (Phi) is 7.90. The van der Waals surface area contributed by atoms with E-state index in [-0.39, 0.29) is 12.3 Å². The largest absolute Gasteiger partial charge is 0.480 e. The van der Waals surface area contributed by atoms with Gasteiger partial charge in [0.15, 0.2) is 0 Å². The van der Waals surface area contributed by atoms with Crippen LogP contribution in [0.1, 0.15) is 25.7 Å². The van der Waals surface area contributed by atoms with Crippen molar-refractivity contribution >= 4 is 11.9 Å². The molecule has 0 aliphatic rings. The average molecular weight is 226 g/mol. The number of terminal acetylenes is 1. The Labute approximate surface area is 95.6 Å². The third-order valence-electron chi connectivity index (χ3n) is 2.15. The fourth-order valence-electron chi connectivity index (χ4n) is 1.25. The Morgan fingerprint density at radius 2 is 2.12 bits per heavy atom. The van der Waals surface area contributed by atoms with E-state index >= 15 is 0 Å². The zero-order valence-electron chi connectivity index (χ0n) is 9.45. The van der Waals surface area contributed by atoms with Crippen LogP contribution < -0.4 is 10.6 Å². The zero-order valence-corrected chi connectivity index (χ0v) is 9.45. The number of hydrogen-bond donors (Lipinski definition) is 3.